The second kappa shape index (κ2) is 4.58. The maximum absolute atomic E-state index is 5.93. The van der Waals surface area contributed by atoms with Crippen molar-refractivity contribution in [3.8, 4) is 0 Å². The number of aromatic nitrogens is 2. The highest BCUT2D eigenvalue weighted by Crippen LogP contribution is 2.46. The molecule has 88 valence electrons. The molecular weight excluding hydrogens is 222 g/mol. The van der Waals surface area contributed by atoms with Crippen LogP contribution in [0.1, 0.15) is 38.3 Å². The Labute approximate surface area is 102 Å². The van der Waals surface area contributed by atoms with E-state index in [-0.39, 0.29) is 0 Å². The average Bonchev–Trinajstić information content (AvgIpc) is 3.07. The van der Waals surface area contributed by atoms with Crippen molar-refractivity contribution in [1.82, 2.24) is 9.97 Å². The minimum absolute atomic E-state index is 0.324. The zero-order valence-electron chi connectivity index (χ0n) is 9.83. The van der Waals surface area contributed by atoms with Gasteiger partial charge in [0, 0.05) is 29.6 Å². The van der Waals surface area contributed by atoms with E-state index in [2.05, 4.69) is 29.1 Å². The Kier molecular flexibility index (Phi) is 3.33. The predicted octanol–water partition coefficient (Wildman–Crippen LogP) is 3.03. The Morgan fingerprint density at radius 2 is 2.19 bits per heavy atom. The number of halogens is 1. The predicted molar refractivity (Wildman–Crippen MR) is 67.0 cm³/mol. The monoisotopic (exact) mass is 239 g/mol. The van der Waals surface area contributed by atoms with Crippen molar-refractivity contribution in [2.45, 2.75) is 32.6 Å². The van der Waals surface area contributed by atoms with E-state index in [0.717, 1.165) is 23.9 Å². The number of nitrogens with zero attached hydrogens (tertiary/aromatic N) is 2. The van der Waals surface area contributed by atoms with Gasteiger partial charge in [-0.05, 0) is 18.8 Å². The summed E-state index contributed by atoms with van der Waals surface area (Å²) in [6.45, 7) is 5.19. The van der Waals surface area contributed by atoms with Crippen molar-refractivity contribution in [2.75, 3.05) is 17.7 Å². The van der Waals surface area contributed by atoms with Gasteiger partial charge in [-0.15, -0.1) is 11.6 Å². The number of alkyl halides is 1. The molecule has 1 saturated carbocycles. The summed E-state index contributed by atoms with van der Waals surface area (Å²) in [5.74, 6) is 2.09. The molecule has 0 unspecified atom stereocenters. The lowest BCUT2D eigenvalue weighted by molar-refractivity contribution is 0.617. The van der Waals surface area contributed by atoms with E-state index in [1.807, 2.05) is 6.07 Å². The lowest BCUT2D eigenvalue weighted by Crippen LogP contribution is -2.17. The van der Waals surface area contributed by atoms with Gasteiger partial charge in [0.2, 0.25) is 0 Å². The molecule has 0 spiro atoms. The highest BCUT2D eigenvalue weighted by atomic mass is 35.5. The Bertz CT molecular complexity index is 361. The van der Waals surface area contributed by atoms with Crippen molar-refractivity contribution in [1.29, 1.82) is 0 Å². The van der Waals surface area contributed by atoms with Crippen molar-refractivity contribution in [2.24, 2.45) is 5.41 Å². The van der Waals surface area contributed by atoms with Crippen molar-refractivity contribution >= 4 is 17.4 Å². The summed E-state index contributed by atoms with van der Waals surface area (Å²) in [5, 5.41) is 3.36. The zero-order valence-corrected chi connectivity index (χ0v) is 10.6. The Balaban J connectivity index is 1.96. The van der Waals surface area contributed by atoms with Crippen LogP contribution in [0.25, 0.3) is 0 Å². The van der Waals surface area contributed by atoms with Crippen LogP contribution in [0.2, 0.25) is 0 Å². The van der Waals surface area contributed by atoms with E-state index >= 15 is 0 Å². The van der Waals surface area contributed by atoms with E-state index in [9.17, 15) is 0 Å². The average molecular weight is 240 g/mol. The summed E-state index contributed by atoms with van der Waals surface area (Å²) < 4.78 is 0. The van der Waals surface area contributed by atoms with Crippen molar-refractivity contribution in [3.05, 3.63) is 18.1 Å². The van der Waals surface area contributed by atoms with Gasteiger partial charge in [0.05, 0.1) is 0 Å². The van der Waals surface area contributed by atoms with Gasteiger partial charge in [-0.2, -0.15) is 0 Å². The second-order valence-corrected chi connectivity index (χ2v) is 5.24. The van der Waals surface area contributed by atoms with Crippen LogP contribution in [0.5, 0.6) is 0 Å². The summed E-state index contributed by atoms with van der Waals surface area (Å²) in [7, 11) is 0. The lowest BCUT2D eigenvalue weighted by Gasteiger charge is -2.13. The standard InChI is InChI=1S/C12H18ClN3/c1-9(2)10-5-11(16-8-15-10)14-7-12(6-13)3-4-12/h5,8-9H,3-4,6-7H2,1-2H3,(H,14,15,16). The molecule has 0 amide bonds. The molecule has 1 aromatic heterocycles. The number of rotatable bonds is 5. The van der Waals surface area contributed by atoms with Gasteiger partial charge in [-0.3, -0.25) is 0 Å². The summed E-state index contributed by atoms with van der Waals surface area (Å²) in [5.41, 5.74) is 1.40. The lowest BCUT2D eigenvalue weighted by atomic mass is 10.1. The molecule has 1 heterocycles. The third kappa shape index (κ3) is 2.64. The van der Waals surface area contributed by atoms with Crippen molar-refractivity contribution in [3.63, 3.8) is 0 Å². The smallest absolute Gasteiger partial charge is 0.129 e. The molecule has 1 N–H and O–H groups in total. The first-order valence-electron chi connectivity index (χ1n) is 5.77. The van der Waals surface area contributed by atoms with Gasteiger partial charge in [-0.25, -0.2) is 9.97 Å². The number of nitrogens with one attached hydrogen (secondary N) is 1. The third-order valence-electron chi connectivity index (χ3n) is 3.16. The second-order valence-electron chi connectivity index (χ2n) is 4.97. The first-order valence-corrected chi connectivity index (χ1v) is 6.30. The van der Waals surface area contributed by atoms with E-state index in [1.54, 1.807) is 6.33 Å². The molecule has 1 aromatic rings. The molecule has 4 heteroatoms. The van der Waals surface area contributed by atoms with Gasteiger partial charge in [0.25, 0.3) is 0 Å². The molecule has 2 rings (SSSR count). The summed E-state index contributed by atoms with van der Waals surface area (Å²) in [6.07, 6.45) is 4.08. The fourth-order valence-electron chi connectivity index (χ4n) is 1.60. The largest absolute Gasteiger partial charge is 0.369 e. The van der Waals surface area contributed by atoms with Crippen LogP contribution in [-0.4, -0.2) is 22.4 Å². The maximum Gasteiger partial charge on any atom is 0.129 e. The normalized spacial score (nSPS) is 17.5. The van der Waals surface area contributed by atoms with E-state index in [0.29, 0.717) is 11.3 Å². The highest BCUT2D eigenvalue weighted by molar-refractivity contribution is 6.18. The molecule has 1 aliphatic carbocycles. The molecule has 16 heavy (non-hydrogen) atoms. The zero-order chi connectivity index (χ0) is 11.6. The molecule has 0 radical (unpaired) electrons. The fourth-order valence-corrected chi connectivity index (χ4v) is 1.96. The van der Waals surface area contributed by atoms with Gasteiger partial charge in [-0.1, -0.05) is 13.8 Å². The van der Waals surface area contributed by atoms with Crippen LogP contribution in [0.3, 0.4) is 0 Å². The van der Waals surface area contributed by atoms with Crippen LogP contribution in [0.4, 0.5) is 5.82 Å². The topological polar surface area (TPSA) is 37.8 Å². The van der Waals surface area contributed by atoms with Crippen LogP contribution in [-0.2, 0) is 0 Å². The Morgan fingerprint density at radius 3 is 2.75 bits per heavy atom. The Hall–Kier alpha value is -0.830. The van der Waals surface area contributed by atoms with E-state index < -0.39 is 0 Å². The Morgan fingerprint density at radius 1 is 1.44 bits per heavy atom. The molecular formula is C12H18ClN3. The number of hydrogen-bond acceptors (Lipinski definition) is 3. The van der Waals surface area contributed by atoms with Crippen LogP contribution in [0.15, 0.2) is 12.4 Å². The summed E-state index contributed by atoms with van der Waals surface area (Å²) in [4.78, 5) is 8.46. The molecule has 1 aliphatic rings. The number of anilines is 1. The quantitative estimate of drug-likeness (QED) is 0.803. The first kappa shape index (κ1) is 11.6. The van der Waals surface area contributed by atoms with Crippen LogP contribution < -0.4 is 5.32 Å². The van der Waals surface area contributed by atoms with Gasteiger partial charge < -0.3 is 5.32 Å². The van der Waals surface area contributed by atoms with Gasteiger partial charge in [0.1, 0.15) is 12.1 Å². The molecule has 0 bridgehead atoms. The van der Waals surface area contributed by atoms with Crippen molar-refractivity contribution < 1.29 is 0 Å². The minimum Gasteiger partial charge on any atom is -0.369 e. The van der Waals surface area contributed by atoms with Crippen LogP contribution >= 0.6 is 11.6 Å². The SMILES string of the molecule is CC(C)c1cc(NCC2(CCl)CC2)ncn1. The molecule has 3 nitrogen and oxygen atoms in total. The summed E-state index contributed by atoms with van der Waals surface area (Å²) >= 11 is 5.93. The minimum atomic E-state index is 0.324. The van der Waals surface area contributed by atoms with E-state index in [4.69, 9.17) is 11.6 Å². The highest BCUT2D eigenvalue weighted by Gasteiger charge is 2.41. The third-order valence-corrected chi connectivity index (χ3v) is 3.73. The van der Waals surface area contributed by atoms with Gasteiger partial charge in [0.15, 0.2) is 0 Å². The molecule has 0 saturated heterocycles. The van der Waals surface area contributed by atoms with Gasteiger partial charge >= 0.3 is 0 Å². The molecule has 1 fully saturated rings. The molecule has 0 atom stereocenters. The molecule has 0 aromatic carbocycles. The maximum atomic E-state index is 5.93. The fraction of sp³-hybridized carbons (Fsp3) is 0.667. The van der Waals surface area contributed by atoms with E-state index in [1.165, 1.54) is 12.8 Å². The number of hydrogen-bond donors (Lipinski definition) is 1. The molecule has 0 aliphatic heterocycles. The first-order chi connectivity index (χ1) is 7.65. The van der Waals surface area contributed by atoms with Crippen LogP contribution in [0, 0.1) is 5.41 Å². The summed E-state index contributed by atoms with van der Waals surface area (Å²) in [6, 6.07) is 2.02.